The third-order valence-corrected chi connectivity index (χ3v) is 4.36. The van der Waals surface area contributed by atoms with E-state index in [0.29, 0.717) is 5.82 Å². The summed E-state index contributed by atoms with van der Waals surface area (Å²) in [7, 11) is 3.91. The van der Waals surface area contributed by atoms with Crippen LogP contribution in [0.1, 0.15) is 38.4 Å². The van der Waals surface area contributed by atoms with Crippen LogP contribution in [0.5, 0.6) is 0 Å². The molecule has 25 heavy (non-hydrogen) atoms. The van der Waals surface area contributed by atoms with Gasteiger partial charge in [-0.05, 0) is 30.9 Å². The topological polar surface area (TPSA) is 71.0 Å². The van der Waals surface area contributed by atoms with Crippen molar-refractivity contribution in [2.24, 2.45) is 11.8 Å². The van der Waals surface area contributed by atoms with Gasteiger partial charge in [0, 0.05) is 44.0 Å². The van der Waals surface area contributed by atoms with Gasteiger partial charge in [0.2, 0.25) is 5.91 Å². The summed E-state index contributed by atoms with van der Waals surface area (Å²) in [6.45, 7) is 4.20. The van der Waals surface area contributed by atoms with E-state index in [2.05, 4.69) is 29.1 Å². The first kappa shape index (κ1) is 17.3. The van der Waals surface area contributed by atoms with E-state index in [4.69, 9.17) is 4.98 Å². The molecular formula is C19H25N5O. The summed E-state index contributed by atoms with van der Waals surface area (Å²) >= 11 is 0. The van der Waals surface area contributed by atoms with Crippen LogP contribution in [0.25, 0.3) is 11.4 Å². The molecule has 6 nitrogen and oxygen atoms in total. The Bertz CT molecular complexity index is 741. The van der Waals surface area contributed by atoms with Crippen LogP contribution in [0.2, 0.25) is 0 Å². The van der Waals surface area contributed by atoms with Crippen LogP contribution in [0.4, 0.5) is 5.82 Å². The molecule has 0 saturated heterocycles. The average molecular weight is 339 g/mol. The molecule has 2 heterocycles. The molecule has 3 rings (SSSR count). The van der Waals surface area contributed by atoms with Gasteiger partial charge in [-0.25, -0.2) is 9.97 Å². The number of anilines is 1. The number of carbonyl (C=O) groups excluding carboxylic acids is 1. The number of nitrogens with zero attached hydrogens (tertiary/aromatic N) is 4. The normalized spacial score (nSPS) is 15.1. The highest BCUT2D eigenvalue weighted by Crippen LogP contribution is 2.31. The van der Waals surface area contributed by atoms with Gasteiger partial charge in [0.1, 0.15) is 5.82 Å². The number of carbonyl (C=O) groups is 1. The van der Waals surface area contributed by atoms with Crippen molar-refractivity contribution < 1.29 is 4.79 Å². The van der Waals surface area contributed by atoms with E-state index in [9.17, 15) is 4.79 Å². The number of hydrogen-bond acceptors (Lipinski definition) is 5. The van der Waals surface area contributed by atoms with E-state index < -0.39 is 0 Å². The van der Waals surface area contributed by atoms with Crippen LogP contribution in [0.15, 0.2) is 30.6 Å². The summed E-state index contributed by atoms with van der Waals surface area (Å²) in [5, 5.41) is 3.18. The molecule has 0 spiro atoms. The SMILES string of the molecule is CC(C)[C@@H](NC(=O)C1CC1)c1cc(N(C)C)nc(-c2ccncc2)n1. The van der Waals surface area contributed by atoms with Crippen LogP contribution in [-0.4, -0.2) is 35.0 Å². The van der Waals surface area contributed by atoms with Crippen LogP contribution in [0, 0.1) is 11.8 Å². The lowest BCUT2D eigenvalue weighted by Crippen LogP contribution is -2.33. The third-order valence-electron chi connectivity index (χ3n) is 4.36. The van der Waals surface area contributed by atoms with Gasteiger partial charge in [-0.3, -0.25) is 9.78 Å². The zero-order valence-electron chi connectivity index (χ0n) is 15.2. The molecule has 0 aromatic carbocycles. The summed E-state index contributed by atoms with van der Waals surface area (Å²) in [6.07, 6.45) is 5.45. The maximum atomic E-state index is 12.3. The van der Waals surface area contributed by atoms with Crippen molar-refractivity contribution in [3.05, 3.63) is 36.3 Å². The van der Waals surface area contributed by atoms with E-state index >= 15 is 0 Å². The van der Waals surface area contributed by atoms with Crippen molar-refractivity contribution in [1.29, 1.82) is 0 Å². The minimum absolute atomic E-state index is 0.129. The first-order valence-corrected chi connectivity index (χ1v) is 8.72. The smallest absolute Gasteiger partial charge is 0.223 e. The minimum Gasteiger partial charge on any atom is -0.363 e. The number of hydrogen-bond donors (Lipinski definition) is 1. The van der Waals surface area contributed by atoms with Crippen molar-refractivity contribution in [1.82, 2.24) is 20.3 Å². The molecule has 0 unspecified atom stereocenters. The standard InChI is InChI=1S/C19H25N5O/c1-12(2)17(23-19(25)14-5-6-14)15-11-16(24(3)4)22-18(21-15)13-7-9-20-10-8-13/h7-12,14,17H,5-6H2,1-4H3,(H,23,25)/t17-/m1/s1. The van der Waals surface area contributed by atoms with Gasteiger partial charge in [-0.1, -0.05) is 13.8 Å². The highest BCUT2D eigenvalue weighted by Gasteiger charge is 2.32. The largest absolute Gasteiger partial charge is 0.363 e. The molecule has 0 aliphatic heterocycles. The Labute approximate surface area is 148 Å². The molecule has 1 amide bonds. The van der Waals surface area contributed by atoms with Crippen LogP contribution in [-0.2, 0) is 4.79 Å². The second-order valence-corrected chi connectivity index (χ2v) is 7.11. The van der Waals surface area contributed by atoms with E-state index in [-0.39, 0.29) is 23.8 Å². The maximum absolute atomic E-state index is 12.3. The number of amides is 1. The van der Waals surface area contributed by atoms with Crippen LogP contribution in [0.3, 0.4) is 0 Å². The third kappa shape index (κ3) is 4.13. The molecule has 6 heteroatoms. The second kappa shape index (κ2) is 7.17. The Kier molecular flexibility index (Phi) is 4.97. The number of rotatable bonds is 6. The fourth-order valence-electron chi connectivity index (χ4n) is 2.67. The van der Waals surface area contributed by atoms with Gasteiger partial charge in [-0.15, -0.1) is 0 Å². The summed E-state index contributed by atoms with van der Waals surface area (Å²) < 4.78 is 0. The van der Waals surface area contributed by atoms with E-state index in [1.807, 2.05) is 37.2 Å². The van der Waals surface area contributed by atoms with E-state index in [1.165, 1.54) is 0 Å². The first-order chi connectivity index (χ1) is 12.0. The Balaban J connectivity index is 2.00. The summed E-state index contributed by atoms with van der Waals surface area (Å²) in [5.74, 6) is 2.02. The average Bonchev–Trinajstić information content (AvgIpc) is 3.44. The van der Waals surface area contributed by atoms with Gasteiger partial charge < -0.3 is 10.2 Å². The quantitative estimate of drug-likeness (QED) is 0.876. The number of aromatic nitrogens is 3. The molecule has 2 aromatic rings. The predicted octanol–water partition coefficient (Wildman–Crippen LogP) is 2.83. The van der Waals surface area contributed by atoms with Crippen LogP contribution >= 0.6 is 0 Å². The fourth-order valence-corrected chi connectivity index (χ4v) is 2.67. The summed E-state index contributed by atoms with van der Waals surface area (Å²) in [5.41, 5.74) is 1.76. The van der Waals surface area contributed by atoms with E-state index in [1.54, 1.807) is 12.4 Å². The Hall–Kier alpha value is -2.50. The Morgan fingerprint density at radius 1 is 1.20 bits per heavy atom. The van der Waals surface area contributed by atoms with Crippen LogP contribution < -0.4 is 10.2 Å². The van der Waals surface area contributed by atoms with Gasteiger partial charge in [0.25, 0.3) is 0 Å². The molecule has 1 atom stereocenters. The molecule has 1 fully saturated rings. The molecule has 132 valence electrons. The Morgan fingerprint density at radius 2 is 1.88 bits per heavy atom. The van der Waals surface area contributed by atoms with E-state index in [0.717, 1.165) is 29.9 Å². The Morgan fingerprint density at radius 3 is 2.44 bits per heavy atom. The molecule has 1 N–H and O–H groups in total. The lowest BCUT2D eigenvalue weighted by molar-refractivity contribution is -0.123. The molecule has 0 bridgehead atoms. The lowest BCUT2D eigenvalue weighted by Gasteiger charge is -2.24. The molecule has 1 saturated carbocycles. The van der Waals surface area contributed by atoms with Crippen molar-refractivity contribution in [3.63, 3.8) is 0 Å². The zero-order valence-corrected chi connectivity index (χ0v) is 15.2. The van der Waals surface area contributed by atoms with Gasteiger partial charge in [-0.2, -0.15) is 0 Å². The highest BCUT2D eigenvalue weighted by molar-refractivity contribution is 5.81. The second-order valence-electron chi connectivity index (χ2n) is 7.11. The molecular weight excluding hydrogens is 314 g/mol. The summed E-state index contributed by atoms with van der Waals surface area (Å²) in [4.78, 5) is 27.7. The van der Waals surface area contributed by atoms with Crippen molar-refractivity contribution in [3.8, 4) is 11.4 Å². The minimum atomic E-state index is -0.129. The van der Waals surface area contributed by atoms with Gasteiger partial charge in [0.05, 0.1) is 11.7 Å². The van der Waals surface area contributed by atoms with Crippen molar-refractivity contribution >= 4 is 11.7 Å². The first-order valence-electron chi connectivity index (χ1n) is 8.72. The molecule has 1 aliphatic carbocycles. The maximum Gasteiger partial charge on any atom is 0.223 e. The van der Waals surface area contributed by atoms with Crippen molar-refractivity contribution in [2.75, 3.05) is 19.0 Å². The molecule has 1 aliphatic rings. The number of pyridine rings is 1. The zero-order chi connectivity index (χ0) is 18.0. The predicted molar refractivity (Wildman–Crippen MR) is 98.0 cm³/mol. The molecule has 0 radical (unpaired) electrons. The number of nitrogens with one attached hydrogen (secondary N) is 1. The van der Waals surface area contributed by atoms with Crippen molar-refractivity contribution in [2.45, 2.75) is 32.7 Å². The van der Waals surface area contributed by atoms with Gasteiger partial charge in [0.15, 0.2) is 5.82 Å². The fraction of sp³-hybridized carbons (Fsp3) is 0.474. The van der Waals surface area contributed by atoms with Gasteiger partial charge >= 0.3 is 0 Å². The summed E-state index contributed by atoms with van der Waals surface area (Å²) in [6, 6.07) is 5.62. The monoisotopic (exact) mass is 339 g/mol. The highest BCUT2D eigenvalue weighted by atomic mass is 16.2. The molecule has 2 aromatic heterocycles. The lowest BCUT2D eigenvalue weighted by atomic mass is 9.99.